The molecular weight excluding hydrogens is 266 g/mol. The Morgan fingerprint density at radius 2 is 2.19 bits per heavy atom. The van der Waals surface area contributed by atoms with Gasteiger partial charge in [0.25, 0.3) is 5.91 Å². The van der Waals surface area contributed by atoms with Crippen molar-refractivity contribution in [2.45, 2.75) is 51.2 Å². The molecule has 4 heteroatoms. The Morgan fingerprint density at radius 1 is 1.38 bits per heavy atom. The number of hydrogen-bond donors (Lipinski definition) is 1. The van der Waals surface area contributed by atoms with Crippen LogP contribution < -0.4 is 4.74 Å². The molecule has 0 heterocycles. The summed E-state index contributed by atoms with van der Waals surface area (Å²) in [5.74, 6) is 0.730. The minimum absolute atomic E-state index is 0.0540. The fraction of sp³-hybridized carbons (Fsp3) is 0.588. The second kappa shape index (κ2) is 6.06. The Morgan fingerprint density at radius 3 is 2.90 bits per heavy atom. The zero-order chi connectivity index (χ0) is 14.8. The second-order valence-electron chi connectivity index (χ2n) is 5.97. The summed E-state index contributed by atoms with van der Waals surface area (Å²) in [4.78, 5) is 14.0. The van der Waals surface area contributed by atoms with Gasteiger partial charge in [-0.1, -0.05) is 6.07 Å². The normalized spacial score (nSPS) is 20.8. The second-order valence-corrected chi connectivity index (χ2v) is 5.97. The number of nitrogens with zero attached hydrogens (tertiary/aromatic N) is 1. The van der Waals surface area contributed by atoms with Crippen LogP contribution in [0.5, 0.6) is 5.75 Å². The summed E-state index contributed by atoms with van der Waals surface area (Å²) in [6, 6.07) is 6.23. The summed E-state index contributed by atoms with van der Waals surface area (Å²) >= 11 is 0. The molecule has 0 aromatic heterocycles. The van der Waals surface area contributed by atoms with Crippen molar-refractivity contribution in [3.05, 3.63) is 29.3 Å². The van der Waals surface area contributed by atoms with Gasteiger partial charge >= 0.3 is 0 Å². The molecule has 1 aromatic rings. The highest BCUT2D eigenvalue weighted by molar-refractivity contribution is 5.78. The monoisotopic (exact) mass is 289 g/mol. The fourth-order valence-electron chi connectivity index (χ4n) is 3.09. The van der Waals surface area contributed by atoms with Crippen LogP contribution in [0, 0.1) is 0 Å². The molecule has 21 heavy (non-hydrogen) atoms. The highest BCUT2D eigenvalue weighted by Gasteiger charge is 2.31. The Hall–Kier alpha value is -1.55. The van der Waals surface area contributed by atoms with Crippen molar-refractivity contribution in [3.63, 3.8) is 0 Å². The van der Waals surface area contributed by atoms with E-state index in [1.807, 2.05) is 30.0 Å². The standard InChI is InChI=1S/C17H23NO3/c1-2-18(13-7-8-13)17(20)11-21-14-9-6-12-4-3-5-16(19)15(12)10-14/h6,9-10,13,16,19H,2-5,7-8,11H2,1H3/t16-/m0/s1. The molecule has 1 atom stereocenters. The molecule has 3 rings (SSSR count). The summed E-state index contributed by atoms with van der Waals surface area (Å²) < 4.78 is 5.64. The molecular formula is C17H23NO3. The molecule has 1 fully saturated rings. The van der Waals surface area contributed by atoms with Crippen LogP contribution in [0.1, 0.15) is 49.8 Å². The minimum Gasteiger partial charge on any atom is -0.484 e. The molecule has 1 aromatic carbocycles. The highest BCUT2D eigenvalue weighted by Crippen LogP contribution is 2.32. The SMILES string of the molecule is CCN(C(=O)COc1ccc2c(c1)[C@@H](O)CCC2)C1CC1. The number of aliphatic hydroxyl groups is 1. The van der Waals surface area contributed by atoms with Crippen molar-refractivity contribution in [2.75, 3.05) is 13.2 Å². The first-order chi connectivity index (χ1) is 10.2. The Balaban J connectivity index is 1.62. The molecule has 2 aliphatic carbocycles. The Kier molecular flexibility index (Phi) is 4.15. The van der Waals surface area contributed by atoms with E-state index < -0.39 is 6.10 Å². The van der Waals surface area contributed by atoms with Crippen LogP contribution in [0.4, 0.5) is 0 Å². The first-order valence-corrected chi connectivity index (χ1v) is 7.92. The Bertz CT molecular complexity index is 525. The molecule has 4 nitrogen and oxygen atoms in total. The van der Waals surface area contributed by atoms with Crippen LogP contribution in [0.2, 0.25) is 0 Å². The zero-order valence-corrected chi connectivity index (χ0v) is 12.5. The number of aryl methyl sites for hydroxylation is 1. The predicted octanol–water partition coefficient (Wildman–Crippen LogP) is 2.45. The molecule has 0 unspecified atom stereocenters. The number of hydrogen-bond acceptors (Lipinski definition) is 3. The van der Waals surface area contributed by atoms with Gasteiger partial charge in [-0.2, -0.15) is 0 Å². The molecule has 114 valence electrons. The maximum atomic E-state index is 12.1. The number of benzene rings is 1. The van der Waals surface area contributed by atoms with Gasteiger partial charge in [-0.25, -0.2) is 0 Å². The van der Waals surface area contributed by atoms with Gasteiger partial charge in [0.15, 0.2) is 6.61 Å². The van der Waals surface area contributed by atoms with Crippen molar-refractivity contribution in [2.24, 2.45) is 0 Å². The quantitative estimate of drug-likeness (QED) is 0.906. The van der Waals surface area contributed by atoms with Gasteiger partial charge in [0.1, 0.15) is 5.75 Å². The van der Waals surface area contributed by atoms with E-state index in [4.69, 9.17) is 4.74 Å². The molecule has 1 amide bonds. The van der Waals surface area contributed by atoms with Crippen LogP contribution in [-0.2, 0) is 11.2 Å². The summed E-state index contributed by atoms with van der Waals surface area (Å²) in [6.45, 7) is 2.83. The lowest BCUT2D eigenvalue weighted by atomic mass is 9.89. The molecule has 1 saturated carbocycles. The lowest BCUT2D eigenvalue weighted by molar-refractivity contribution is -0.133. The Labute approximate surface area is 125 Å². The van der Waals surface area contributed by atoms with E-state index in [9.17, 15) is 9.90 Å². The minimum atomic E-state index is -0.397. The van der Waals surface area contributed by atoms with Gasteiger partial charge < -0.3 is 14.7 Å². The van der Waals surface area contributed by atoms with Crippen LogP contribution in [0.15, 0.2) is 18.2 Å². The molecule has 2 aliphatic rings. The smallest absolute Gasteiger partial charge is 0.260 e. The predicted molar refractivity (Wildman–Crippen MR) is 80.2 cm³/mol. The number of ether oxygens (including phenoxy) is 1. The fourth-order valence-corrected chi connectivity index (χ4v) is 3.09. The number of rotatable bonds is 5. The van der Waals surface area contributed by atoms with E-state index >= 15 is 0 Å². The van der Waals surface area contributed by atoms with Crippen molar-refractivity contribution < 1.29 is 14.6 Å². The van der Waals surface area contributed by atoms with Crippen LogP contribution >= 0.6 is 0 Å². The number of amides is 1. The van der Waals surface area contributed by atoms with Crippen molar-refractivity contribution in [1.29, 1.82) is 0 Å². The molecule has 0 spiro atoms. The largest absolute Gasteiger partial charge is 0.484 e. The summed E-state index contributed by atoms with van der Waals surface area (Å²) in [6.07, 6.45) is 4.68. The van der Waals surface area contributed by atoms with E-state index in [0.29, 0.717) is 11.8 Å². The van der Waals surface area contributed by atoms with Gasteiger partial charge in [-0.15, -0.1) is 0 Å². The maximum Gasteiger partial charge on any atom is 0.260 e. The van der Waals surface area contributed by atoms with Gasteiger partial charge in [0, 0.05) is 12.6 Å². The first kappa shape index (κ1) is 14.4. The van der Waals surface area contributed by atoms with Crippen molar-refractivity contribution >= 4 is 5.91 Å². The molecule has 0 saturated heterocycles. The third-order valence-corrected chi connectivity index (χ3v) is 4.41. The summed E-state index contributed by atoms with van der Waals surface area (Å²) in [7, 11) is 0. The third kappa shape index (κ3) is 3.21. The molecule has 0 bridgehead atoms. The van der Waals surface area contributed by atoms with Crippen molar-refractivity contribution in [1.82, 2.24) is 4.90 Å². The third-order valence-electron chi connectivity index (χ3n) is 4.41. The van der Waals surface area contributed by atoms with Gasteiger partial charge in [0.05, 0.1) is 6.10 Å². The topological polar surface area (TPSA) is 49.8 Å². The van der Waals surface area contributed by atoms with Gasteiger partial charge in [0.2, 0.25) is 0 Å². The maximum absolute atomic E-state index is 12.1. The number of aliphatic hydroxyl groups excluding tert-OH is 1. The zero-order valence-electron chi connectivity index (χ0n) is 12.5. The van der Waals surface area contributed by atoms with Gasteiger partial charge in [-0.05, 0) is 62.3 Å². The highest BCUT2D eigenvalue weighted by atomic mass is 16.5. The van der Waals surface area contributed by atoms with Crippen molar-refractivity contribution in [3.8, 4) is 5.75 Å². The van der Waals surface area contributed by atoms with E-state index in [1.54, 1.807) is 0 Å². The number of carbonyl (C=O) groups is 1. The molecule has 0 radical (unpaired) electrons. The molecule has 0 aliphatic heterocycles. The summed E-state index contributed by atoms with van der Waals surface area (Å²) in [5.41, 5.74) is 2.15. The van der Waals surface area contributed by atoms with E-state index in [0.717, 1.165) is 44.2 Å². The summed E-state index contributed by atoms with van der Waals surface area (Å²) in [5, 5.41) is 10.0. The van der Waals surface area contributed by atoms with Crippen LogP contribution in [-0.4, -0.2) is 35.1 Å². The number of likely N-dealkylation sites (N-methyl/N-ethyl adjacent to an activating group) is 1. The average Bonchev–Trinajstić information content (AvgIpc) is 3.31. The van der Waals surface area contributed by atoms with E-state index in [2.05, 4.69) is 0 Å². The lowest BCUT2D eigenvalue weighted by Gasteiger charge is -2.23. The number of carbonyl (C=O) groups excluding carboxylic acids is 1. The van der Waals surface area contributed by atoms with Gasteiger partial charge in [-0.3, -0.25) is 4.79 Å². The van der Waals surface area contributed by atoms with E-state index in [1.165, 1.54) is 5.56 Å². The van der Waals surface area contributed by atoms with E-state index in [-0.39, 0.29) is 12.5 Å². The lowest BCUT2D eigenvalue weighted by Crippen LogP contribution is -2.36. The van der Waals surface area contributed by atoms with Crippen LogP contribution in [0.3, 0.4) is 0 Å². The number of fused-ring (bicyclic) bond motifs is 1. The average molecular weight is 289 g/mol. The first-order valence-electron chi connectivity index (χ1n) is 7.92. The molecule has 1 N–H and O–H groups in total. The van der Waals surface area contributed by atoms with Crippen LogP contribution in [0.25, 0.3) is 0 Å².